The molecule has 0 aromatic heterocycles. The number of aliphatic hydroxyl groups is 1. The number of fused-ring (bicyclic) bond motifs is 1. The molecule has 0 saturated carbocycles. The van der Waals surface area contributed by atoms with Crippen LogP contribution in [0.3, 0.4) is 0 Å². The van der Waals surface area contributed by atoms with Crippen molar-refractivity contribution in [1.82, 2.24) is 5.32 Å². The van der Waals surface area contributed by atoms with Crippen molar-refractivity contribution in [1.29, 1.82) is 0 Å². The number of halogens is 2. The quantitative estimate of drug-likeness (QED) is 0.128. The molecule has 0 unspecified atom stereocenters. The van der Waals surface area contributed by atoms with Gasteiger partial charge in [0.1, 0.15) is 5.75 Å². The fourth-order valence-electron chi connectivity index (χ4n) is 4.01. The van der Waals surface area contributed by atoms with E-state index in [1.54, 1.807) is 0 Å². The minimum atomic E-state index is -0.605. The van der Waals surface area contributed by atoms with Gasteiger partial charge in [-0.3, -0.25) is 0 Å². The van der Waals surface area contributed by atoms with Crippen molar-refractivity contribution in [3.63, 3.8) is 0 Å². The molecule has 2 N–H and O–H groups in total. The topological polar surface area (TPSA) is 69.2 Å². The van der Waals surface area contributed by atoms with Crippen LogP contribution in [0.2, 0.25) is 5.02 Å². The zero-order valence-electron chi connectivity index (χ0n) is 21.4. The lowest BCUT2D eigenvalue weighted by molar-refractivity contribution is -0.180. The van der Waals surface area contributed by atoms with Crippen LogP contribution in [-0.4, -0.2) is 43.8 Å². The molecule has 1 atom stereocenters. The first-order chi connectivity index (χ1) is 17.4. The van der Waals surface area contributed by atoms with Gasteiger partial charge in [0.2, 0.25) is 5.79 Å². The van der Waals surface area contributed by atoms with E-state index in [0.717, 1.165) is 70.7 Å². The molecule has 0 bridgehead atoms. The van der Waals surface area contributed by atoms with Crippen molar-refractivity contribution in [3.05, 3.63) is 63.7 Å². The average molecular weight is 632 g/mol. The van der Waals surface area contributed by atoms with Gasteiger partial charge in [-0.15, -0.1) is 0 Å². The normalized spacial score (nSPS) is 15.4. The molecule has 0 spiro atoms. The van der Waals surface area contributed by atoms with E-state index in [-0.39, 0.29) is 0 Å². The molecule has 6 nitrogen and oxygen atoms in total. The third-order valence-corrected chi connectivity index (χ3v) is 7.28. The Morgan fingerprint density at radius 1 is 1.08 bits per heavy atom. The lowest BCUT2D eigenvalue weighted by atomic mass is 10.0. The van der Waals surface area contributed by atoms with Crippen molar-refractivity contribution >= 4 is 34.2 Å². The monoisotopic (exact) mass is 631 g/mol. The Balaban J connectivity index is 1.16. The predicted octanol–water partition coefficient (Wildman–Crippen LogP) is 6.34. The van der Waals surface area contributed by atoms with Crippen LogP contribution in [0.4, 0.5) is 0 Å². The van der Waals surface area contributed by atoms with Crippen molar-refractivity contribution in [2.45, 2.75) is 69.1 Å². The molecule has 200 valence electrons. The number of alkyl halides is 1. The average Bonchev–Trinajstić information content (AvgIpc) is 2.86. The summed E-state index contributed by atoms with van der Waals surface area (Å²) >= 11 is 8.63. The van der Waals surface area contributed by atoms with Crippen LogP contribution >= 0.6 is 34.2 Å². The highest BCUT2D eigenvalue weighted by Crippen LogP contribution is 2.32. The number of nitrogens with one attached hydrogen (secondary N) is 1. The number of hydrogen-bond acceptors (Lipinski definition) is 6. The van der Waals surface area contributed by atoms with E-state index in [1.165, 1.54) is 5.56 Å². The smallest absolute Gasteiger partial charge is 0.205 e. The molecule has 2 aromatic carbocycles. The predicted molar refractivity (Wildman–Crippen MR) is 152 cm³/mol. The van der Waals surface area contributed by atoms with Gasteiger partial charge in [0.05, 0.1) is 32.5 Å². The number of rotatable bonds is 16. The Labute approximate surface area is 234 Å². The SMILES string of the molecule is CC1(C)OCc2cc([C@@H](O)CNCCCCCCOCCOCc3c(Cl)cccc3CI)ccc2O1. The number of hydrogen-bond donors (Lipinski definition) is 2. The second kappa shape index (κ2) is 15.5. The zero-order valence-corrected chi connectivity index (χ0v) is 24.3. The molecular weight excluding hydrogens is 593 g/mol. The molecule has 1 aliphatic heterocycles. The molecule has 2 aromatic rings. The molecule has 0 radical (unpaired) electrons. The van der Waals surface area contributed by atoms with Crippen LogP contribution in [0.25, 0.3) is 0 Å². The van der Waals surface area contributed by atoms with Crippen molar-refractivity contribution in [2.75, 3.05) is 32.9 Å². The van der Waals surface area contributed by atoms with Crippen LogP contribution in [-0.2, 0) is 31.9 Å². The van der Waals surface area contributed by atoms with Crippen molar-refractivity contribution in [2.24, 2.45) is 0 Å². The lowest BCUT2D eigenvalue weighted by Gasteiger charge is -2.33. The molecule has 0 saturated heterocycles. The van der Waals surface area contributed by atoms with Crippen LogP contribution in [0.1, 0.15) is 67.9 Å². The fourth-order valence-corrected chi connectivity index (χ4v) is 4.98. The van der Waals surface area contributed by atoms with Gasteiger partial charge in [-0.2, -0.15) is 0 Å². The summed E-state index contributed by atoms with van der Waals surface area (Å²) in [6, 6.07) is 11.8. The number of aliphatic hydroxyl groups excluding tert-OH is 1. The Hall–Kier alpha value is -0.940. The van der Waals surface area contributed by atoms with Gasteiger partial charge in [-0.25, -0.2) is 0 Å². The van der Waals surface area contributed by atoms with Gasteiger partial charge in [0, 0.05) is 47.6 Å². The number of benzene rings is 2. The first kappa shape index (κ1) is 29.6. The highest BCUT2D eigenvalue weighted by atomic mass is 127. The van der Waals surface area contributed by atoms with Gasteiger partial charge in [-0.1, -0.05) is 65.2 Å². The molecule has 3 rings (SSSR count). The van der Waals surface area contributed by atoms with Crippen LogP contribution in [0.5, 0.6) is 5.75 Å². The molecule has 1 aliphatic rings. The Bertz CT molecular complexity index is 942. The van der Waals surface area contributed by atoms with E-state index >= 15 is 0 Å². The summed E-state index contributed by atoms with van der Waals surface area (Å²) in [7, 11) is 0. The van der Waals surface area contributed by atoms with E-state index in [4.69, 9.17) is 30.5 Å². The molecule has 0 amide bonds. The first-order valence-electron chi connectivity index (χ1n) is 12.7. The second-order valence-corrected chi connectivity index (χ2v) is 10.6. The van der Waals surface area contributed by atoms with Crippen LogP contribution in [0, 0.1) is 0 Å². The molecule has 1 heterocycles. The summed E-state index contributed by atoms with van der Waals surface area (Å²) in [4.78, 5) is 0. The van der Waals surface area contributed by atoms with Crippen LogP contribution < -0.4 is 10.1 Å². The second-order valence-electron chi connectivity index (χ2n) is 9.47. The van der Waals surface area contributed by atoms with Crippen molar-refractivity contribution in [3.8, 4) is 5.75 Å². The summed E-state index contributed by atoms with van der Waals surface area (Å²) in [5.41, 5.74) is 4.16. The van der Waals surface area contributed by atoms with Gasteiger partial charge in [0.25, 0.3) is 0 Å². The van der Waals surface area contributed by atoms with E-state index in [2.05, 4.69) is 34.0 Å². The van der Waals surface area contributed by atoms with E-state index in [9.17, 15) is 5.11 Å². The third-order valence-electron chi connectivity index (χ3n) is 6.11. The number of ether oxygens (including phenoxy) is 4. The molecular formula is C28H39ClINO5. The van der Waals surface area contributed by atoms with E-state index in [0.29, 0.717) is 33.0 Å². The minimum Gasteiger partial charge on any atom is -0.463 e. The summed E-state index contributed by atoms with van der Waals surface area (Å²) in [5, 5.41) is 14.6. The Kier molecular flexibility index (Phi) is 12.7. The van der Waals surface area contributed by atoms with Crippen LogP contribution in [0.15, 0.2) is 36.4 Å². The van der Waals surface area contributed by atoms with E-state index in [1.807, 2.05) is 44.2 Å². The maximum atomic E-state index is 10.5. The Morgan fingerprint density at radius 2 is 1.89 bits per heavy atom. The largest absolute Gasteiger partial charge is 0.463 e. The van der Waals surface area contributed by atoms with Crippen molar-refractivity contribution < 1.29 is 24.1 Å². The first-order valence-corrected chi connectivity index (χ1v) is 14.6. The molecule has 36 heavy (non-hydrogen) atoms. The standard InChI is InChI=1S/C28H39ClINO5/c1-28(2)35-19-23-16-21(10-11-27(23)36-28)26(32)18-31-12-5-3-4-6-13-33-14-15-34-20-24-22(17-30)8-7-9-25(24)29/h7-11,16,26,31-32H,3-6,12-15,17-20H2,1-2H3/t26-/m0/s1. The summed E-state index contributed by atoms with van der Waals surface area (Å²) in [6.07, 6.45) is 3.84. The zero-order chi connectivity index (χ0) is 25.8. The summed E-state index contributed by atoms with van der Waals surface area (Å²) in [5.74, 6) is 0.222. The maximum Gasteiger partial charge on any atom is 0.205 e. The summed E-state index contributed by atoms with van der Waals surface area (Å²) < 4.78 is 23.9. The van der Waals surface area contributed by atoms with Gasteiger partial charge in [0.15, 0.2) is 0 Å². The Morgan fingerprint density at radius 3 is 2.72 bits per heavy atom. The lowest BCUT2D eigenvalue weighted by Crippen LogP contribution is -2.35. The number of unbranched alkanes of at least 4 members (excludes halogenated alkanes) is 3. The third kappa shape index (κ3) is 9.74. The summed E-state index contributed by atoms with van der Waals surface area (Å²) in [6.45, 7) is 8.16. The minimum absolute atomic E-state index is 0.495. The highest BCUT2D eigenvalue weighted by Gasteiger charge is 2.27. The fraction of sp³-hybridized carbons (Fsp3) is 0.571. The van der Waals surface area contributed by atoms with Gasteiger partial charge < -0.3 is 29.4 Å². The van der Waals surface area contributed by atoms with Gasteiger partial charge >= 0.3 is 0 Å². The molecule has 0 aliphatic carbocycles. The van der Waals surface area contributed by atoms with E-state index < -0.39 is 11.9 Å². The molecule has 0 fully saturated rings. The highest BCUT2D eigenvalue weighted by molar-refractivity contribution is 14.1. The maximum absolute atomic E-state index is 10.5. The van der Waals surface area contributed by atoms with Gasteiger partial charge in [-0.05, 0) is 48.7 Å². The molecule has 8 heteroatoms.